The van der Waals surface area contributed by atoms with Gasteiger partial charge in [0.25, 0.3) is 0 Å². The van der Waals surface area contributed by atoms with Gasteiger partial charge in [0.1, 0.15) is 17.2 Å². The number of fused-ring (bicyclic) bond motifs is 1. The Kier molecular flexibility index (Phi) is 8.27. The molecule has 38 heavy (non-hydrogen) atoms. The number of carboxylic acid groups (broad SMARTS) is 1. The lowest BCUT2D eigenvalue weighted by Crippen LogP contribution is -2.45. The highest BCUT2D eigenvalue weighted by Crippen LogP contribution is 2.52. The van der Waals surface area contributed by atoms with Gasteiger partial charge in [-0.3, -0.25) is 19.5 Å². The van der Waals surface area contributed by atoms with E-state index in [2.05, 4.69) is 15.1 Å². The van der Waals surface area contributed by atoms with Crippen LogP contribution in [-0.2, 0) is 16.1 Å². The number of likely N-dealkylation sites (tertiary alicyclic amines) is 1. The van der Waals surface area contributed by atoms with E-state index < -0.39 is 32.9 Å². The molecule has 0 saturated carbocycles. The lowest BCUT2D eigenvalue weighted by atomic mass is 9.79. The number of nitrogens with zero attached hydrogens (tertiary/aromatic N) is 5. The number of halogens is 2. The molecule has 1 saturated heterocycles. The zero-order valence-corrected chi connectivity index (χ0v) is 24.0. The summed E-state index contributed by atoms with van der Waals surface area (Å²) in [5.41, 5.74) is -0.637. The van der Waals surface area contributed by atoms with Crippen LogP contribution in [0, 0.1) is 34.5 Å². The highest BCUT2D eigenvalue weighted by Gasteiger charge is 2.66. The number of aryl methyl sites for hydroxylation is 1. The van der Waals surface area contributed by atoms with Gasteiger partial charge in [-0.1, -0.05) is 20.8 Å². The third-order valence-electron chi connectivity index (χ3n) is 6.51. The number of nitriles is 1. The molecule has 10 nitrogen and oxygen atoms in total. The van der Waals surface area contributed by atoms with Crippen molar-refractivity contribution in [1.82, 2.24) is 14.9 Å². The maximum absolute atomic E-state index is 14.9. The van der Waals surface area contributed by atoms with Crippen molar-refractivity contribution in [2.45, 2.75) is 45.0 Å². The molecule has 3 aromatic rings. The summed E-state index contributed by atoms with van der Waals surface area (Å²) in [7, 11) is 0. The van der Waals surface area contributed by atoms with Crippen LogP contribution in [-0.4, -0.2) is 41.6 Å². The van der Waals surface area contributed by atoms with Gasteiger partial charge >= 0.3 is 9.77 Å². The number of aromatic nitrogens is 2. The number of thiophene rings is 1. The smallest absolute Gasteiger partial charge is 0.338 e. The van der Waals surface area contributed by atoms with E-state index in [1.807, 2.05) is 19.9 Å². The van der Waals surface area contributed by atoms with E-state index in [1.54, 1.807) is 19.1 Å². The number of nitroso groups, excluding NO2 is 1. The van der Waals surface area contributed by atoms with Crippen LogP contribution in [0.2, 0.25) is 0 Å². The molecule has 0 bridgehead atoms. The molecule has 4 heterocycles. The van der Waals surface area contributed by atoms with E-state index in [0.717, 1.165) is 38.8 Å². The SMILES string of the molecule is CC.Cc1cc(C#N)nc(-c2ccnc3cc(CN4C(=O)C(C)C(C)(C(F)(I)N=O)C4=O)sc23)c1C(=O)O. The Bertz CT molecular complexity index is 1520. The van der Waals surface area contributed by atoms with Gasteiger partial charge in [-0.15, -0.1) is 16.2 Å². The van der Waals surface area contributed by atoms with Crippen molar-refractivity contribution in [2.24, 2.45) is 16.5 Å². The topological polar surface area (TPSA) is 154 Å². The third-order valence-corrected chi connectivity index (χ3v) is 8.97. The Morgan fingerprint density at radius 2 is 2.05 bits per heavy atom. The van der Waals surface area contributed by atoms with Gasteiger partial charge in [-0.25, -0.2) is 14.2 Å². The fourth-order valence-corrected chi connectivity index (χ4v) is 6.10. The molecule has 3 atom stereocenters. The summed E-state index contributed by atoms with van der Waals surface area (Å²) in [6.07, 6.45) is 1.46. The van der Waals surface area contributed by atoms with Crippen molar-refractivity contribution >= 4 is 61.9 Å². The number of carboxylic acids is 1. The van der Waals surface area contributed by atoms with Crippen molar-refractivity contribution in [1.29, 1.82) is 5.26 Å². The molecule has 0 radical (unpaired) electrons. The van der Waals surface area contributed by atoms with Gasteiger partial charge in [0, 0.05) is 16.6 Å². The average molecular weight is 651 g/mol. The van der Waals surface area contributed by atoms with E-state index in [0.29, 0.717) is 26.2 Å². The molecule has 198 valence electrons. The number of imide groups is 1. The predicted molar refractivity (Wildman–Crippen MR) is 147 cm³/mol. The summed E-state index contributed by atoms with van der Waals surface area (Å²) in [6, 6.07) is 6.53. The normalized spacial score (nSPS) is 20.5. The second-order valence-corrected chi connectivity index (χ2v) is 11.1. The summed E-state index contributed by atoms with van der Waals surface area (Å²) in [6.45, 7) is 7.97. The molecule has 0 aliphatic carbocycles. The molecule has 1 aliphatic rings. The van der Waals surface area contributed by atoms with Gasteiger partial charge < -0.3 is 5.11 Å². The first-order valence-electron chi connectivity index (χ1n) is 11.5. The Morgan fingerprint density at radius 3 is 2.63 bits per heavy atom. The summed E-state index contributed by atoms with van der Waals surface area (Å²) in [5.74, 6) is -3.82. The fourth-order valence-electron chi connectivity index (χ4n) is 4.28. The maximum atomic E-state index is 14.9. The van der Waals surface area contributed by atoms with Crippen molar-refractivity contribution in [3.8, 4) is 17.3 Å². The van der Waals surface area contributed by atoms with E-state index in [1.165, 1.54) is 26.1 Å². The highest BCUT2D eigenvalue weighted by molar-refractivity contribution is 14.1. The first-order chi connectivity index (χ1) is 17.9. The van der Waals surface area contributed by atoms with Crippen LogP contribution in [0.15, 0.2) is 29.6 Å². The lowest BCUT2D eigenvalue weighted by molar-refractivity contribution is -0.143. The minimum atomic E-state index is -2.82. The molecule has 1 aliphatic heterocycles. The molecule has 1 fully saturated rings. The molecule has 2 amide bonds. The number of alkyl halides is 2. The number of hydrogen-bond acceptors (Lipinski definition) is 9. The van der Waals surface area contributed by atoms with Crippen LogP contribution < -0.4 is 0 Å². The van der Waals surface area contributed by atoms with Crippen LogP contribution in [0.3, 0.4) is 0 Å². The molecular weight excluding hydrogens is 628 g/mol. The number of pyridine rings is 2. The van der Waals surface area contributed by atoms with E-state index in [-0.39, 0.29) is 23.5 Å². The molecule has 4 rings (SSSR count). The van der Waals surface area contributed by atoms with Gasteiger partial charge in [-0.2, -0.15) is 5.26 Å². The number of hydrogen-bond donors (Lipinski definition) is 1. The van der Waals surface area contributed by atoms with Gasteiger partial charge in [0.15, 0.2) is 0 Å². The second kappa shape index (κ2) is 10.8. The minimum Gasteiger partial charge on any atom is -0.478 e. The molecule has 1 N–H and O–H groups in total. The largest absolute Gasteiger partial charge is 0.478 e. The molecular formula is C25H23FIN5O5S. The molecule has 3 aromatic heterocycles. The molecule has 0 aromatic carbocycles. The first kappa shape index (κ1) is 29.2. The van der Waals surface area contributed by atoms with Gasteiger partial charge in [-0.05, 0) is 65.4 Å². The lowest BCUT2D eigenvalue weighted by Gasteiger charge is -2.30. The monoisotopic (exact) mass is 651 g/mol. The average Bonchev–Trinajstić information content (AvgIpc) is 3.39. The number of amides is 2. The molecule has 3 unspecified atom stereocenters. The van der Waals surface area contributed by atoms with Gasteiger partial charge in [0.05, 0.1) is 33.9 Å². The predicted octanol–water partition coefficient (Wildman–Crippen LogP) is 5.60. The number of aromatic carboxylic acids is 1. The van der Waals surface area contributed by atoms with E-state index >= 15 is 0 Å². The van der Waals surface area contributed by atoms with Crippen LogP contribution in [0.5, 0.6) is 0 Å². The summed E-state index contributed by atoms with van der Waals surface area (Å²) in [4.78, 5) is 59.1. The van der Waals surface area contributed by atoms with Crippen LogP contribution in [0.4, 0.5) is 4.39 Å². The van der Waals surface area contributed by atoms with E-state index in [9.17, 15) is 34.0 Å². The Hall–Kier alpha value is -3.38. The van der Waals surface area contributed by atoms with Crippen LogP contribution >= 0.6 is 33.9 Å². The highest BCUT2D eigenvalue weighted by atomic mass is 127. The van der Waals surface area contributed by atoms with Gasteiger partial charge in [0.2, 0.25) is 11.8 Å². The molecule has 13 heteroatoms. The van der Waals surface area contributed by atoms with E-state index in [4.69, 9.17) is 0 Å². The Morgan fingerprint density at radius 1 is 1.39 bits per heavy atom. The number of rotatable bonds is 6. The van der Waals surface area contributed by atoms with Crippen molar-refractivity contribution in [3.05, 3.63) is 51.0 Å². The van der Waals surface area contributed by atoms with Crippen molar-refractivity contribution in [2.75, 3.05) is 0 Å². The fraction of sp³-hybridized carbons (Fsp3) is 0.360. The summed E-state index contributed by atoms with van der Waals surface area (Å²) in [5, 5.41) is 21.6. The van der Waals surface area contributed by atoms with Crippen molar-refractivity contribution in [3.63, 3.8) is 0 Å². The second-order valence-electron chi connectivity index (χ2n) is 8.54. The standard InChI is InChI=1S/C23H17FIN5O5S.C2H6/c1-10-6-12(8-26)28-17(16(10)20(32)33)14-4-5-27-15-7-13(36-18(14)15)9-30-19(31)11(2)22(3,21(30)34)23(24,25)29-35;1-2/h4-7,11H,9H2,1-3H3,(H,32,33);1-2H3. The zero-order chi connectivity index (χ0) is 28.6. The van der Waals surface area contributed by atoms with Crippen LogP contribution in [0.1, 0.15) is 54.2 Å². The van der Waals surface area contributed by atoms with Crippen molar-refractivity contribution < 1.29 is 23.9 Å². The van der Waals surface area contributed by atoms with Crippen LogP contribution in [0.25, 0.3) is 21.5 Å². The number of carbonyl (C=O) groups is 3. The zero-order valence-electron chi connectivity index (χ0n) is 21.1. The Balaban J connectivity index is 0.00000195. The third kappa shape index (κ3) is 4.55. The molecule has 0 spiro atoms. The first-order valence-corrected chi connectivity index (χ1v) is 13.4. The number of carbonyl (C=O) groups excluding carboxylic acids is 2. The quantitative estimate of drug-likeness (QED) is 0.119. The summed E-state index contributed by atoms with van der Waals surface area (Å²) >= 11 is 2.31. The summed E-state index contributed by atoms with van der Waals surface area (Å²) < 4.78 is 12.6. The Labute approximate surface area is 235 Å². The maximum Gasteiger partial charge on any atom is 0.338 e. The minimum absolute atomic E-state index is 0.0491.